The summed E-state index contributed by atoms with van der Waals surface area (Å²) in [6.45, 7) is 1.02. The van der Waals surface area contributed by atoms with Crippen molar-refractivity contribution in [2.45, 2.75) is 83.1 Å². The number of hydrogen-bond donors (Lipinski definition) is 1. The van der Waals surface area contributed by atoms with Crippen LogP contribution in [0.1, 0.15) is 76.5 Å². The van der Waals surface area contributed by atoms with Gasteiger partial charge in [0.25, 0.3) is 0 Å². The summed E-state index contributed by atoms with van der Waals surface area (Å²) in [4.78, 5) is 0. The lowest BCUT2D eigenvalue weighted by Gasteiger charge is -2.19. The van der Waals surface area contributed by atoms with E-state index in [4.69, 9.17) is 0 Å². The van der Waals surface area contributed by atoms with E-state index in [2.05, 4.69) is 15.5 Å². The minimum Gasteiger partial charge on any atom is -0.321 e. The molecule has 0 spiro atoms. The molecule has 0 saturated heterocycles. The predicted octanol–water partition coefficient (Wildman–Crippen LogP) is 3.62. The van der Waals surface area contributed by atoms with Crippen molar-refractivity contribution in [3.8, 4) is 0 Å². The van der Waals surface area contributed by atoms with Crippen LogP contribution in [0, 0.1) is 0 Å². The molecule has 0 radical (unpaired) electrons. The Morgan fingerprint density at radius 2 is 1.57 bits per heavy atom. The van der Waals surface area contributed by atoms with Gasteiger partial charge in [-0.15, -0.1) is 10.2 Å². The third-order valence-electron chi connectivity index (χ3n) is 4.69. The van der Waals surface area contributed by atoms with Crippen LogP contribution in [0.3, 0.4) is 0 Å². The van der Waals surface area contributed by atoms with E-state index in [0.29, 0.717) is 6.04 Å². The fraction of sp³-hybridized carbons (Fsp3) is 0.882. The standard InChI is InChI=1S/C17H32N4/c1-21-15-19-20-17(21)13-14-18-16-11-9-7-5-3-2-4-6-8-10-12-16/h15-16,18H,2-14H2,1H3. The lowest BCUT2D eigenvalue weighted by Crippen LogP contribution is -2.31. The van der Waals surface area contributed by atoms with E-state index in [0.717, 1.165) is 18.8 Å². The highest BCUT2D eigenvalue weighted by atomic mass is 15.2. The molecule has 1 aliphatic carbocycles. The first-order valence-corrected chi connectivity index (χ1v) is 8.92. The zero-order valence-corrected chi connectivity index (χ0v) is 13.7. The lowest BCUT2D eigenvalue weighted by atomic mass is 9.98. The van der Waals surface area contributed by atoms with Gasteiger partial charge in [0.15, 0.2) is 0 Å². The molecule has 0 amide bonds. The Morgan fingerprint density at radius 1 is 1.00 bits per heavy atom. The van der Waals surface area contributed by atoms with Crippen LogP contribution in [0.2, 0.25) is 0 Å². The molecule has 2 rings (SSSR count). The summed E-state index contributed by atoms with van der Waals surface area (Å²) in [6, 6.07) is 0.706. The Labute approximate surface area is 129 Å². The van der Waals surface area contributed by atoms with Gasteiger partial charge in [0, 0.05) is 26.1 Å². The van der Waals surface area contributed by atoms with Crippen molar-refractivity contribution in [2.24, 2.45) is 7.05 Å². The van der Waals surface area contributed by atoms with Crippen molar-refractivity contribution in [3.63, 3.8) is 0 Å². The highest BCUT2D eigenvalue weighted by molar-refractivity contribution is 4.85. The first kappa shape index (κ1) is 16.5. The summed E-state index contributed by atoms with van der Waals surface area (Å²) >= 11 is 0. The summed E-state index contributed by atoms with van der Waals surface area (Å²) < 4.78 is 2.02. The van der Waals surface area contributed by atoms with Crippen LogP contribution < -0.4 is 5.32 Å². The quantitative estimate of drug-likeness (QED) is 0.921. The highest BCUT2D eigenvalue weighted by Crippen LogP contribution is 2.16. The molecule has 1 aromatic rings. The molecule has 4 nitrogen and oxygen atoms in total. The van der Waals surface area contributed by atoms with Crippen LogP contribution in [-0.2, 0) is 13.5 Å². The van der Waals surface area contributed by atoms with Crippen molar-refractivity contribution < 1.29 is 0 Å². The van der Waals surface area contributed by atoms with Gasteiger partial charge >= 0.3 is 0 Å². The monoisotopic (exact) mass is 292 g/mol. The van der Waals surface area contributed by atoms with Gasteiger partial charge in [0.2, 0.25) is 0 Å². The zero-order valence-electron chi connectivity index (χ0n) is 13.7. The number of aryl methyl sites for hydroxylation is 1. The molecule has 4 heteroatoms. The van der Waals surface area contributed by atoms with Crippen LogP contribution in [0.4, 0.5) is 0 Å². The van der Waals surface area contributed by atoms with Gasteiger partial charge in [-0.3, -0.25) is 0 Å². The summed E-state index contributed by atoms with van der Waals surface area (Å²) in [6.07, 6.45) is 18.3. The second kappa shape index (κ2) is 9.93. The minimum atomic E-state index is 0.706. The Morgan fingerprint density at radius 3 is 2.10 bits per heavy atom. The lowest BCUT2D eigenvalue weighted by molar-refractivity contribution is 0.404. The molecule has 0 bridgehead atoms. The molecule has 0 atom stereocenters. The van der Waals surface area contributed by atoms with Crippen LogP contribution in [0.25, 0.3) is 0 Å². The van der Waals surface area contributed by atoms with Gasteiger partial charge in [0.05, 0.1) is 0 Å². The van der Waals surface area contributed by atoms with Gasteiger partial charge in [0.1, 0.15) is 12.2 Å². The van der Waals surface area contributed by atoms with E-state index in [1.165, 1.54) is 70.6 Å². The Balaban J connectivity index is 1.69. The number of hydrogen-bond acceptors (Lipinski definition) is 3. The van der Waals surface area contributed by atoms with Crippen LogP contribution in [-0.4, -0.2) is 27.4 Å². The maximum absolute atomic E-state index is 4.16. The van der Waals surface area contributed by atoms with E-state index >= 15 is 0 Å². The Bertz CT molecular complexity index is 363. The van der Waals surface area contributed by atoms with E-state index < -0.39 is 0 Å². The maximum atomic E-state index is 4.16. The van der Waals surface area contributed by atoms with Crippen LogP contribution >= 0.6 is 0 Å². The summed E-state index contributed by atoms with van der Waals surface area (Å²) in [5, 5.41) is 11.9. The van der Waals surface area contributed by atoms with Gasteiger partial charge in [-0.2, -0.15) is 0 Å². The molecule has 1 aliphatic rings. The maximum Gasteiger partial charge on any atom is 0.133 e. The molecule has 0 aliphatic heterocycles. The average Bonchev–Trinajstić information content (AvgIpc) is 2.87. The molecule has 0 unspecified atom stereocenters. The second-order valence-corrected chi connectivity index (χ2v) is 6.52. The van der Waals surface area contributed by atoms with Crippen LogP contribution in [0.15, 0.2) is 6.33 Å². The SMILES string of the molecule is Cn1cnnc1CCNC1CCCCCCCCCCC1. The zero-order chi connectivity index (χ0) is 14.8. The molecule has 1 aromatic heterocycles. The molecule has 21 heavy (non-hydrogen) atoms. The number of nitrogens with one attached hydrogen (secondary N) is 1. The van der Waals surface area contributed by atoms with E-state index in [-0.39, 0.29) is 0 Å². The minimum absolute atomic E-state index is 0.706. The van der Waals surface area contributed by atoms with E-state index in [1.807, 2.05) is 11.6 Å². The first-order chi connectivity index (χ1) is 10.4. The normalized spacial score (nSPS) is 19.9. The third-order valence-corrected chi connectivity index (χ3v) is 4.69. The first-order valence-electron chi connectivity index (χ1n) is 8.92. The molecular weight excluding hydrogens is 260 g/mol. The molecule has 0 aromatic carbocycles. The van der Waals surface area contributed by atoms with E-state index in [9.17, 15) is 0 Å². The summed E-state index contributed by atoms with van der Waals surface area (Å²) in [5.74, 6) is 1.08. The van der Waals surface area contributed by atoms with E-state index in [1.54, 1.807) is 6.33 Å². The van der Waals surface area contributed by atoms with Crippen molar-refractivity contribution >= 4 is 0 Å². The Kier molecular flexibility index (Phi) is 7.79. The molecular formula is C17H32N4. The average molecular weight is 292 g/mol. The second-order valence-electron chi connectivity index (χ2n) is 6.52. The van der Waals surface area contributed by atoms with Crippen molar-refractivity contribution in [2.75, 3.05) is 6.54 Å². The molecule has 1 N–H and O–H groups in total. The Hall–Kier alpha value is -0.900. The van der Waals surface area contributed by atoms with Crippen molar-refractivity contribution in [1.82, 2.24) is 20.1 Å². The smallest absolute Gasteiger partial charge is 0.133 e. The number of nitrogens with zero attached hydrogens (tertiary/aromatic N) is 3. The van der Waals surface area contributed by atoms with Crippen molar-refractivity contribution in [1.29, 1.82) is 0 Å². The molecule has 1 heterocycles. The van der Waals surface area contributed by atoms with Gasteiger partial charge < -0.3 is 9.88 Å². The third kappa shape index (κ3) is 6.60. The fourth-order valence-corrected chi connectivity index (χ4v) is 3.29. The van der Waals surface area contributed by atoms with Crippen LogP contribution in [0.5, 0.6) is 0 Å². The molecule has 1 saturated carbocycles. The number of rotatable bonds is 4. The topological polar surface area (TPSA) is 42.7 Å². The summed E-state index contributed by atoms with van der Waals surface area (Å²) in [7, 11) is 2.02. The van der Waals surface area contributed by atoms with Gasteiger partial charge in [-0.25, -0.2) is 0 Å². The predicted molar refractivity (Wildman–Crippen MR) is 87.3 cm³/mol. The van der Waals surface area contributed by atoms with Gasteiger partial charge in [-0.1, -0.05) is 57.8 Å². The van der Waals surface area contributed by atoms with Crippen molar-refractivity contribution in [3.05, 3.63) is 12.2 Å². The number of aromatic nitrogens is 3. The van der Waals surface area contributed by atoms with Gasteiger partial charge in [-0.05, 0) is 12.8 Å². The summed E-state index contributed by atoms with van der Waals surface area (Å²) in [5.41, 5.74) is 0. The molecule has 1 fully saturated rings. The molecule has 120 valence electrons. The highest BCUT2D eigenvalue weighted by Gasteiger charge is 2.09. The largest absolute Gasteiger partial charge is 0.321 e. The fourth-order valence-electron chi connectivity index (χ4n) is 3.29.